The highest BCUT2D eigenvalue weighted by molar-refractivity contribution is 5.28. The van der Waals surface area contributed by atoms with Gasteiger partial charge in [-0.2, -0.15) is 0 Å². The lowest BCUT2D eigenvalue weighted by Gasteiger charge is -2.10. The van der Waals surface area contributed by atoms with E-state index >= 15 is 0 Å². The minimum atomic E-state index is 0.192. The van der Waals surface area contributed by atoms with Crippen LogP contribution in [0.15, 0.2) is 48.5 Å². The van der Waals surface area contributed by atoms with Crippen molar-refractivity contribution in [3.63, 3.8) is 0 Å². The van der Waals surface area contributed by atoms with Gasteiger partial charge in [-0.1, -0.05) is 62.4 Å². The highest BCUT2D eigenvalue weighted by Gasteiger charge is 2.05. The highest BCUT2D eigenvalue weighted by atomic mass is 16.3. The molecule has 2 N–H and O–H groups in total. The molecule has 0 heterocycles. The van der Waals surface area contributed by atoms with Crippen LogP contribution in [0.5, 0.6) is 0 Å². The van der Waals surface area contributed by atoms with Crippen LogP contribution in [-0.2, 0) is 12.8 Å². The minimum Gasteiger partial charge on any atom is -0.396 e. The number of hydrogen-bond acceptors (Lipinski definition) is 2. The second-order valence-electron chi connectivity index (χ2n) is 6.15. The third-order valence-electron chi connectivity index (χ3n) is 4.35. The van der Waals surface area contributed by atoms with Gasteiger partial charge in [0.15, 0.2) is 0 Å². The van der Waals surface area contributed by atoms with E-state index in [1.54, 1.807) is 0 Å². The molecular weight excluding hydrogens is 272 g/mol. The van der Waals surface area contributed by atoms with Gasteiger partial charge in [-0.3, -0.25) is 0 Å². The maximum absolute atomic E-state index is 9.17. The average molecular weight is 298 g/mol. The Balaban J connectivity index is 1.92. The number of benzene rings is 2. The Morgan fingerprint density at radius 2 is 0.955 bits per heavy atom. The minimum absolute atomic E-state index is 0.192. The van der Waals surface area contributed by atoms with Crippen LogP contribution in [0, 0.1) is 0 Å². The SMILES string of the molecule is CC(CO)c1ccc(CCc2ccc(C(C)CO)cc2)cc1. The van der Waals surface area contributed by atoms with Crippen molar-refractivity contribution >= 4 is 0 Å². The van der Waals surface area contributed by atoms with E-state index in [9.17, 15) is 10.2 Å². The van der Waals surface area contributed by atoms with Gasteiger partial charge < -0.3 is 10.2 Å². The Bertz CT molecular complexity index is 504. The third kappa shape index (κ3) is 4.43. The first-order valence-electron chi connectivity index (χ1n) is 8.03. The normalized spacial score (nSPS) is 13.8. The quantitative estimate of drug-likeness (QED) is 0.819. The highest BCUT2D eigenvalue weighted by Crippen LogP contribution is 2.18. The second-order valence-corrected chi connectivity index (χ2v) is 6.15. The molecule has 2 rings (SSSR count). The lowest BCUT2D eigenvalue weighted by molar-refractivity contribution is 0.273. The molecule has 22 heavy (non-hydrogen) atoms. The standard InChI is InChI=1S/C20H26O2/c1-15(13-21)19-9-5-17(6-10-19)3-4-18-7-11-20(12-8-18)16(2)14-22/h5-12,15-16,21-22H,3-4,13-14H2,1-2H3. The topological polar surface area (TPSA) is 40.5 Å². The fourth-order valence-corrected chi connectivity index (χ4v) is 2.53. The lowest BCUT2D eigenvalue weighted by Crippen LogP contribution is -2.00. The average Bonchev–Trinajstić information content (AvgIpc) is 2.59. The molecule has 2 unspecified atom stereocenters. The van der Waals surface area contributed by atoms with E-state index in [4.69, 9.17) is 0 Å². The van der Waals surface area contributed by atoms with Crippen LogP contribution in [0.25, 0.3) is 0 Å². The molecule has 2 aromatic rings. The summed E-state index contributed by atoms with van der Waals surface area (Å²) in [5.41, 5.74) is 5.02. The van der Waals surface area contributed by atoms with Crippen LogP contribution in [-0.4, -0.2) is 23.4 Å². The first kappa shape index (κ1) is 16.7. The van der Waals surface area contributed by atoms with Gasteiger partial charge >= 0.3 is 0 Å². The fourth-order valence-electron chi connectivity index (χ4n) is 2.53. The molecule has 0 aliphatic heterocycles. The molecule has 2 nitrogen and oxygen atoms in total. The predicted molar refractivity (Wildman–Crippen MR) is 91.3 cm³/mol. The molecule has 0 bridgehead atoms. The molecule has 2 aromatic carbocycles. The summed E-state index contributed by atoms with van der Waals surface area (Å²) < 4.78 is 0. The summed E-state index contributed by atoms with van der Waals surface area (Å²) in [5, 5.41) is 18.3. The van der Waals surface area contributed by atoms with Crippen molar-refractivity contribution in [2.24, 2.45) is 0 Å². The zero-order chi connectivity index (χ0) is 15.9. The molecule has 2 atom stereocenters. The molecule has 0 saturated heterocycles. The van der Waals surface area contributed by atoms with Crippen molar-refractivity contribution in [2.45, 2.75) is 38.5 Å². The number of aryl methyl sites for hydroxylation is 2. The van der Waals surface area contributed by atoms with Crippen molar-refractivity contribution < 1.29 is 10.2 Å². The molecular formula is C20H26O2. The Labute approximate surface area is 133 Å². The molecule has 0 spiro atoms. The van der Waals surface area contributed by atoms with Gasteiger partial charge in [-0.15, -0.1) is 0 Å². The number of hydrogen-bond donors (Lipinski definition) is 2. The van der Waals surface area contributed by atoms with Crippen molar-refractivity contribution in [3.05, 3.63) is 70.8 Å². The van der Waals surface area contributed by atoms with Crippen LogP contribution < -0.4 is 0 Å². The summed E-state index contributed by atoms with van der Waals surface area (Å²) in [5.74, 6) is 0.408. The number of aliphatic hydroxyl groups excluding tert-OH is 2. The maximum atomic E-state index is 9.17. The van der Waals surface area contributed by atoms with E-state index in [-0.39, 0.29) is 25.0 Å². The van der Waals surface area contributed by atoms with Crippen molar-refractivity contribution in [3.8, 4) is 0 Å². The van der Waals surface area contributed by atoms with E-state index in [0.717, 1.165) is 12.8 Å². The zero-order valence-electron chi connectivity index (χ0n) is 13.5. The lowest BCUT2D eigenvalue weighted by atomic mass is 9.96. The summed E-state index contributed by atoms with van der Waals surface area (Å²) >= 11 is 0. The van der Waals surface area contributed by atoms with E-state index < -0.39 is 0 Å². The second kappa shape index (κ2) is 8.11. The largest absolute Gasteiger partial charge is 0.396 e. The van der Waals surface area contributed by atoms with Gasteiger partial charge in [0, 0.05) is 25.0 Å². The fraction of sp³-hybridized carbons (Fsp3) is 0.400. The molecule has 0 fully saturated rings. The molecule has 0 aromatic heterocycles. The summed E-state index contributed by atoms with van der Waals surface area (Å²) in [6.45, 7) is 4.45. The van der Waals surface area contributed by atoms with Crippen molar-refractivity contribution in [1.82, 2.24) is 0 Å². The molecule has 118 valence electrons. The predicted octanol–water partition coefficient (Wildman–Crippen LogP) is 3.66. The Kier molecular flexibility index (Phi) is 6.17. The Hall–Kier alpha value is -1.64. The van der Waals surface area contributed by atoms with E-state index in [1.165, 1.54) is 22.3 Å². The van der Waals surface area contributed by atoms with Crippen LogP contribution in [0.2, 0.25) is 0 Å². The van der Waals surface area contributed by atoms with Crippen LogP contribution in [0.4, 0.5) is 0 Å². The number of aliphatic hydroxyl groups is 2. The maximum Gasteiger partial charge on any atom is 0.0497 e. The van der Waals surface area contributed by atoms with Gasteiger partial charge in [0.1, 0.15) is 0 Å². The molecule has 0 aliphatic rings. The van der Waals surface area contributed by atoms with Crippen LogP contribution >= 0.6 is 0 Å². The van der Waals surface area contributed by atoms with Crippen LogP contribution in [0.3, 0.4) is 0 Å². The van der Waals surface area contributed by atoms with Crippen LogP contribution in [0.1, 0.15) is 47.9 Å². The van der Waals surface area contributed by atoms with Gasteiger partial charge in [-0.05, 0) is 35.1 Å². The van der Waals surface area contributed by atoms with Gasteiger partial charge in [-0.25, -0.2) is 0 Å². The first-order valence-corrected chi connectivity index (χ1v) is 8.03. The van der Waals surface area contributed by atoms with E-state index in [0.29, 0.717) is 0 Å². The van der Waals surface area contributed by atoms with Crippen molar-refractivity contribution in [2.75, 3.05) is 13.2 Å². The monoisotopic (exact) mass is 298 g/mol. The van der Waals surface area contributed by atoms with Gasteiger partial charge in [0.2, 0.25) is 0 Å². The number of rotatable bonds is 7. The van der Waals surface area contributed by atoms with E-state index in [2.05, 4.69) is 48.5 Å². The zero-order valence-corrected chi connectivity index (χ0v) is 13.5. The first-order chi connectivity index (χ1) is 10.6. The summed E-state index contributed by atoms with van der Waals surface area (Å²) in [7, 11) is 0. The third-order valence-corrected chi connectivity index (χ3v) is 4.35. The Morgan fingerprint density at radius 1 is 0.636 bits per heavy atom. The molecule has 2 heteroatoms. The smallest absolute Gasteiger partial charge is 0.0497 e. The molecule has 0 aliphatic carbocycles. The summed E-state index contributed by atoms with van der Waals surface area (Å²) in [6, 6.07) is 17.1. The van der Waals surface area contributed by atoms with Gasteiger partial charge in [0.25, 0.3) is 0 Å². The summed E-state index contributed by atoms with van der Waals surface area (Å²) in [6.07, 6.45) is 2.03. The molecule has 0 saturated carbocycles. The summed E-state index contributed by atoms with van der Waals surface area (Å²) in [4.78, 5) is 0. The van der Waals surface area contributed by atoms with Crippen molar-refractivity contribution in [1.29, 1.82) is 0 Å². The molecule has 0 radical (unpaired) electrons. The molecule has 0 amide bonds. The van der Waals surface area contributed by atoms with E-state index in [1.807, 2.05) is 13.8 Å². The van der Waals surface area contributed by atoms with Gasteiger partial charge in [0.05, 0.1) is 0 Å². The Morgan fingerprint density at radius 3 is 1.23 bits per heavy atom.